The second kappa shape index (κ2) is 8.89. The van der Waals surface area contributed by atoms with E-state index in [1.165, 1.54) is 12.1 Å². The number of aliphatic imine (C=N–C) groups is 1. The van der Waals surface area contributed by atoms with Crippen LogP contribution >= 0.6 is 23.2 Å². The number of carbonyl (C=O) groups is 2. The van der Waals surface area contributed by atoms with Crippen molar-refractivity contribution >= 4 is 41.2 Å². The Labute approximate surface area is 212 Å². The first-order chi connectivity index (χ1) is 16.8. The third kappa shape index (κ3) is 3.60. The van der Waals surface area contributed by atoms with Crippen molar-refractivity contribution in [1.82, 2.24) is 0 Å². The van der Waals surface area contributed by atoms with Gasteiger partial charge >= 0.3 is 5.97 Å². The number of rotatable bonds is 5. The van der Waals surface area contributed by atoms with E-state index in [4.69, 9.17) is 32.9 Å². The molecule has 1 aliphatic heterocycles. The molecule has 2 bridgehead atoms. The van der Waals surface area contributed by atoms with Gasteiger partial charge < -0.3 is 4.74 Å². The van der Waals surface area contributed by atoms with E-state index in [-0.39, 0.29) is 18.8 Å². The lowest BCUT2D eigenvalue weighted by Crippen LogP contribution is -2.59. The maximum absolute atomic E-state index is 14.1. The summed E-state index contributed by atoms with van der Waals surface area (Å²) in [6.07, 6.45) is 1.64. The van der Waals surface area contributed by atoms with Gasteiger partial charge in [-0.25, -0.2) is 9.18 Å². The van der Waals surface area contributed by atoms with Crippen molar-refractivity contribution in [2.75, 3.05) is 6.61 Å². The number of nitrogens with zero attached hydrogens (tertiary/aromatic N) is 1. The van der Waals surface area contributed by atoms with Crippen LogP contribution in [0.1, 0.15) is 41.9 Å². The molecule has 0 unspecified atom stereocenters. The molecule has 0 aromatic heterocycles. The first kappa shape index (κ1) is 23.7. The molecule has 1 saturated carbocycles. The Morgan fingerprint density at radius 2 is 1.54 bits per heavy atom. The van der Waals surface area contributed by atoms with Gasteiger partial charge in [0.15, 0.2) is 5.54 Å². The molecule has 5 rings (SSSR count). The van der Waals surface area contributed by atoms with Crippen molar-refractivity contribution in [2.24, 2.45) is 4.99 Å². The predicted molar refractivity (Wildman–Crippen MR) is 134 cm³/mol. The minimum absolute atomic E-state index is 0.0575. The second-order valence-corrected chi connectivity index (χ2v) is 9.77. The Kier molecular flexibility index (Phi) is 6.02. The average Bonchev–Trinajstić information content (AvgIpc) is 3.15. The fourth-order valence-electron chi connectivity index (χ4n) is 5.67. The molecule has 178 valence electrons. The number of ether oxygens (including phenoxy) is 1. The number of fused-ring (bicyclic) bond motifs is 2. The summed E-state index contributed by atoms with van der Waals surface area (Å²) in [4.78, 5) is 32.8. The Morgan fingerprint density at radius 3 is 2.11 bits per heavy atom. The molecule has 0 saturated heterocycles. The lowest BCUT2D eigenvalue weighted by atomic mass is 9.51. The number of ketones is 1. The lowest BCUT2D eigenvalue weighted by molar-refractivity contribution is -0.153. The molecule has 35 heavy (non-hydrogen) atoms. The van der Waals surface area contributed by atoms with E-state index in [0.29, 0.717) is 15.6 Å². The van der Waals surface area contributed by atoms with Gasteiger partial charge in [-0.05, 0) is 60.0 Å². The maximum atomic E-state index is 14.1. The molecule has 0 radical (unpaired) electrons. The molecule has 4 atom stereocenters. The molecule has 1 heterocycles. The summed E-state index contributed by atoms with van der Waals surface area (Å²) in [5.74, 6) is -2.34. The molecule has 3 aromatic rings. The van der Waals surface area contributed by atoms with Crippen LogP contribution in [0.15, 0.2) is 77.8 Å². The molecule has 7 heteroatoms. The third-order valence-corrected chi connectivity index (χ3v) is 7.66. The summed E-state index contributed by atoms with van der Waals surface area (Å²) in [5.41, 5.74) is -0.622. The molecule has 1 fully saturated rings. The van der Waals surface area contributed by atoms with Crippen molar-refractivity contribution in [1.29, 1.82) is 0 Å². The summed E-state index contributed by atoms with van der Waals surface area (Å²) < 4.78 is 19.5. The number of benzene rings is 3. The van der Waals surface area contributed by atoms with Crippen LogP contribution in [-0.4, -0.2) is 30.1 Å². The van der Waals surface area contributed by atoms with Crippen LogP contribution < -0.4 is 0 Å². The van der Waals surface area contributed by atoms with E-state index in [9.17, 15) is 14.0 Å². The normalized spacial score (nSPS) is 27.1. The van der Waals surface area contributed by atoms with Gasteiger partial charge in [0.25, 0.3) is 0 Å². The molecule has 0 N–H and O–H groups in total. The minimum Gasteiger partial charge on any atom is -0.464 e. The highest BCUT2D eigenvalue weighted by Gasteiger charge is 2.70. The fraction of sp³-hybridized carbons (Fsp3) is 0.250. The molecular formula is C28H22Cl2FNO3. The van der Waals surface area contributed by atoms with Crippen LogP contribution in [0, 0.1) is 5.82 Å². The van der Waals surface area contributed by atoms with Gasteiger partial charge in [-0.15, -0.1) is 0 Å². The van der Waals surface area contributed by atoms with E-state index >= 15 is 0 Å². The van der Waals surface area contributed by atoms with E-state index in [1.54, 1.807) is 49.5 Å². The van der Waals surface area contributed by atoms with Crippen molar-refractivity contribution < 1.29 is 18.7 Å². The Morgan fingerprint density at radius 1 is 0.971 bits per heavy atom. The smallest absolute Gasteiger partial charge is 0.335 e. The number of carbonyl (C=O) groups excluding carboxylic acids is 2. The van der Waals surface area contributed by atoms with Crippen LogP contribution in [0.3, 0.4) is 0 Å². The number of Topliss-reactive ketones (excluding diaryl/α,β-unsaturated/α-hetero) is 1. The van der Waals surface area contributed by atoms with E-state index in [1.807, 2.05) is 24.3 Å². The zero-order valence-corrected chi connectivity index (χ0v) is 20.4. The van der Waals surface area contributed by atoms with Gasteiger partial charge in [0.05, 0.1) is 12.0 Å². The van der Waals surface area contributed by atoms with Crippen molar-refractivity contribution in [3.8, 4) is 0 Å². The molecule has 3 aromatic carbocycles. The van der Waals surface area contributed by atoms with Crippen LogP contribution in [0.25, 0.3) is 0 Å². The summed E-state index contributed by atoms with van der Waals surface area (Å²) in [7, 11) is 0. The summed E-state index contributed by atoms with van der Waals surface area (Å²) in [5, 5.41) is 1.07. The average molecular weight is 510 g/mol. The lowest BCUT2D eigenvalue weighted by Gasteiger charge is -2.48. The van der Waals surface area contributed by atoms with Gasteiger partial charge in [0.1, 0.15) is 11.6 Å². The predicted octanol–water partition coefficient (Wildman–Crippen LogP) is 6.30. The second-order valence-electron chi connectivity index (χ2n) is 8.90. The molecular weight excluding hydrogens is 488 g/mol. The van der Waals surface area contributed by atoms with Gasteiger partial charge in [0.2, 0.25) is 0 Å². The summed E-state index contributed by atoms with van der Waals surface area (Å²) in [6, 6.07) is 20.0. The Hall–Kier alpha value is -3.02. The third-order valence-electron chi connectivity index (χ3n) is 7.16. The van der Waals surface area contributed by atoms with Crippen molar-refractivity contribution in [3.63, 3.8) is 0 Å². The standard InChI is InChI=1S/C28H22Cl2FNO3/c1-2-35-26(34)28-23(17-3-9-20(29)10-4-17)15-24(33)27(16-32-28,19-7-13-22(31)14-8-19)25(28)18-5-11-21(30)12-6-18/h3-14,16,23,25H,2,15H2,1H3/t23-,25+,27+,28+/m1/s1. The summed E-state index contributed by atoms with van der Waals surface area (Å²) >= 11 is 12.3. The van der Waals surface area contributed by atoms with Crippen molar-refractivity contribution in [3.05, 3.63) is 105 Å². The first-order valence-corrected chi connectivity index (χ1v) is 12.1. The zero-order chi connectivity index (χ0) is 24.8. The number of hydrogen-bond donors (Lipinski definition) is 0. The molecule has 4 nitrogen and oxygen atoms in total. The fourth-order valence-corrected chi connectivity index (χ4v) is 5.92. The number of halogens is 3. The highest BCUT2D eigenvalue weighted by Crippen LogP contribution is 2.61. The first-order valence-electron chi connectivity index (χ1n) is 11.4. The highest BCUT2D eigenvalue weighted by molar-refractivity contribution is 6.30. The summed E-state index contributed by atoms with van der Waals surface area (Å²) in [6.45, 7) is 1.90. The topological polar surface area (TPSA) is 55.7 Å². The van der Waals surface area contributed by atoms with Crippen LogP contribution in [0.2, 0.25) is 10.0 Å². The monoisotopic (exact) mass is 509 g/mol. The van der Waals surface area contributed by atoms with E-state index < -0.39 is 34.6 Å². The highest BCUT2D eigenvalue weighted by atomic mass is 35.5. The van der Waals surface area contributed by atoms with Gasteiger partial charge in [0, 0.05) is 34.5 Å². The molecule has 0 amide bonds. The van der Waals surface area contributed by atoms with Crippen LogP contribution in [0.4, 0.5) is 4.39 Å². The van der Waals surface area contributed by atoms with Crippen molar-refractivity contribution in [2.45, 2.75) is 36.1 Å². The largest absolute Gasteiger partial charge is 0.464 e. The van der Waals surface area contributed by atoms with Gasteiger partial charge in [-0.2, -0.15) is 0 Å². The van der Waals surface area contributed by atoms with Crippen LogP contribution in [-0.2, 0) is 19.7 Å². The number of hydrogen-bond acceptors (Lipinski definition) is 4. The molecule has 0 spiro atoms. The molecule has 2 aliphatic rings. The van der Waals surface area contributed by atoms with Crippen LogP contribution in [0.5, 0.6) is 0 Å². The quantitative estimate of drug-likeness (QED) is 0.379. The maximum Gasteiger partial charge on any atom is 0.335 e. The Bertz CT molecular complexity index is 1310. The van der Waals surface area contributed by atoms with Gasteiger partial charge in [-0.1, -0.05) is 59.6 Å². The minimum atomic E-state index is -1.42. The van der Waals surface area contributed by atoms with E-state index in [0.717, 1.165) is 11.1 Å². The SMILES string of the molecule is CCOC(=O)[C@]12N=C[C@](c3ccc(F)cc3)(C(=O)C[C@@H]1c1ccc(Cl)cc1)[C@@H]2c1ccc(Cl)cc1. The number of esters is 1. The van der Waals surface area contributed by atoms with Gasteiger partial charge in [-0.3, -0.25) is 9.79 Å². The zero-order valence-electron chi connectivity index (χ0n) is 18.9. The van der Waals surface area contributed by atoms with E-state index in [2.05, 4.69) is 0 Å². The Balaban J connectivity index is 1.80. The molecule has 1 aliphatic carbocycles.